The number of hydrogen-bond acceptors (Lipinski definition) is 4. The quantitative estimate of drug-likeness (QED) is 0.322. The van der Waals surface area contributed by atoms with Gasteiger partial charge in [-0.3, -0.25) is 4.98 Å². The molecule has 1 aromatic carbocycles. The van der Waals surface area contributed by atoms with Crippen LogP contribution in [0.4, 0.5) is 22.0 Å². The molecule has 0 radical (unpaired) electrons. The van der Waals surface area contributed by atoms with E-state index in [2.05, 4.69) is 20.1 Å². The van der Waals surface area contributed by atoms with Crippen LogP contribution in [0.25, 0.3) is 11.4 Å². The Balaban J connectivity index is 0.00000289. The lowest BCUT2D eigenvalue weighted by atomic mass is 9.96. The Kier molecular flexibility index (Phi) is 6.89. The first kappa shape index (κ1) is 25.5. The van der Waals surface area contributed by atoms with E-state index in [1.54, 1.807) is 10.6 Å². The summed E-state index contributed by atoms with van der Waals surface area (Å²) in [5, 5.41) is 8.33. The average Bonchev–Trinajstić information content (AvgIpc) is 3.17. The van der Waals surface area contributed by atoms with Gasteiger partial charge in [-0.2, -0.15) is 13.2 Å². The second-order valence-electron chi connectivity index (χ2n) is 9.31. The highest BCUT2D eigenvalue weighted by atomic mass is 35.5. The number of benzene rings is 1. The maximum Gasteiger partial charge on any atom is 0.433 e. The van der Waals surface area contributed by atoms with Crippen molar-refractivity contribution in [2.75, 3.05) is 19.6 Å². The molecule has 1 aliphatic heterocycles. The number of aryl methyl sites for hydroxylation is 1. The first-order chi connectivity index (χ1) is 16.2. The van der Waals surface area contributed by atoms with E-state index in [-0.39, 0.29) is 17.8 Å². The molecule has 2 atom stereocenters. The molecular weight excluding hydrogens is 489 g/mol. The number of rotatable bonds is 7. The zero-order valence-corrected chi connectivity index (χ0v) is 19.8. The van der Waals surface area contributed by atoms with Gasteiger partial charge in [-0.15, -0.1) is 22.6 Å². The van der Waals surface area contributed by atoms with Crippen LogP contribution in [0.3, 0.4) is 0 Å². The predicted octanol–water partition coefficient (Wildman–Crippen LogP) is 5.19. The number of pyridine rings is 1. The highest BCUT2D eigenvalue weighted by Gasteiger charge is 2.60. The second kappa shape index (κ2) is 9.46. The average molecular weight is 514 g/mol. The normalized spacial score (nSPS) is 21.6. The van der Waals surface area contributed by atoms with Gasteiger partial charge in [0.05, 0.1) is 0 Å². The lowest BCUT2D eigenvalue weighted by Crippen LogP contribution is -2.27. The van der Waals surface area contributed by atoms with Crippen LogP contribution in [0.5, 0.6) is 0 Å². The van der Waals surface area contributed by atoms with Crippen molar-refractivity contribution in [2.24, 2.45) is 13.0 Å². The predicted molar refractivity (Wildman–Crippen MR) is 122 cm³/mol. The molecule has 188 valence electrons. The molecule has 2 aromatic heterocycles. The Morgan fingerprint density at radius 2 is 1.86 bits per heavy atom. The fourth-order valence-corrected chi connectivity index (χ4v) is 5.14. The molecule has 0 N–H and O–H groups in total. The standard InChI is InChI=1S/C24H24F5N5.ClH/c1-33-21(31-32-22(33)15-5-7-18(25)19(26)10-15)4-2-3-9-34-13-17-11-23(17,14-34)16-6-8-20(30-12-16)24(27,28)29;/h5-8,10,12,17H,2-4,9,11,13-14H2,1H3;1H/t17-,23+;/m0./s1. The van der Waals surface area contributed by atoms with Gasteiger partial charge in [-0.05, 0) is 61.6 Å². The number of fused-ring (bicyclic) bond motifs is 1. The molecule has 2 aliphatic rings. The molecule has 5 rings (SSSR count). The topological polar surface area (TPSA) is 46.8 Å². The fraction of sp³-hybridized carbons (Fsp3) is 0.458. The first-order valence-corrected chi connectivity index (χ1v) is 11.3. The zero-order chi connectivity index (χ0) is 24.1. The molecule has 1 saturated carbocycles. The van der Waals surface area contributed by atoms with Crippen molar-refractivity contribution in [3.63, 3.8) is 0 Å². The van der Waals surface area contributed by atoms with E-state index in [4.69, 9.17) is 0 Å². The number of hydrogen-bond donors (Lipinski definition) is 0. The molecule has 0 spiro atoms. The van der Waals surface area contributed by atoms with E-state index in [1.807, 2.05) is 7.05 Å². The Labute approximate surface area is 205 Å². The number of likely N-dealkylation sites (tertiary alicyclic amines) is 1. The maximum atomic E-state index is 13.5. The van der Waals surface area contributed by atoms with Gasteiger partial charge in [0.1, 0.15) is 11.5 Å². The molecule has 5 nitrogen and oxygen atoms in total. The Morgan fingerprint density at radius 3 is 2.54 bits per heavy atom. The van der Waals surface area contributed by atoms with Crippen LogP contribution in [0.2, 0.25) is 0 Å². The van der Waals surface area contributed by atoms with E-state index in [0.717, 1.165) is 68.5 Å². The molecule has 3 aromatic rings. The number of nitrogens with zero attached hydrogens (tertiary/aromatic N) is 5. The summed E-state index contributed by atoms with van der Waals surface area (Å²) in [5.74, 6) is -0.0852. The highest BCUT2D eigenvalue weighted by molar-refractivity contribution is 5.85. The van der Waals surface area contributed by atoms with Gasteiger partial charge in [0.15, 0.2) is 17.5 Å². The van der Waals surface area contributed by atoms with E-state index < -0.39 is 23.5 Å². The van der Waals surface area contributed by atoms with Crippen LogP contribution < -0.4 is 0 Å². The van der Waals surface area contributed by atoms with Crippen LogP contribution in [0.15, 0.2) is 36.5 Å². The number of aromatic nitrogens is 4. The van der Waals surface area contributed by atoms with Crippen LogP contribution in [-0.2, 0) is 25.1 Å². The minimum atomic E-state index is -4.42. The van der Waals surface area contributed by atoms with E-state index in [9.17, 15) is 22.0 Å². The van der Waals surface area contributed by atoms with Crippen molar-refractivity contribution >= 4 is 12.4 Å². The van der Waals surface area contributed by atoms with Crippen molar-refractivity contribution in [3.05, 3.63) is 65.2 Å². The minimum absolute atomic E-state index is 0. The number of piperidine rings is 1. The van der Waals surface area contributed by atoms with E-state index in [1.165, 1.54) is 12.3 Å². The molecule has 1 saturated heterocycles. The summed E-state index contributed by atoms with van der Waals surface area (Å²) in [6.45, 7) is 2.69. The lowest BCUT2D eigenvalue weighted by Gasteiger charge is -2.21. The highest BCUT2D eigenvalue weighted by Crippen LogP contribution is 2.58. The third-order valence-electron chi connectivity index (χ3n) is 7.11. The van der Waals surface area contributed by atoms with Crippen LogP contribution >= 0.6 is 12.4 Å². The zero-order valence-electron chi connectivity index (χ0n) is 19.0. The molecular formula is C24H25ClF5N5. The summed E-state index contributed by atoms with van der Waals surface area (Å²) >= 11 is 0. The Hall–Kier alpha value is -2.59. The molecule has 2 fully saturated rings. The van der Waals surface area contributed by atoms with Gasteiger partial charge < -0.3 is 9.47 Å². The third kappa shape index (κ3) is 4.91. The van der Waals surface area contributed by atoms with E-state index >= 15 is 0 Å². The number of unbranched alkanes of at least 4 members (excludes halogenated alkanes) is 1. The van der Waals surface area contributed by atoms with Crippen molar-refractivity contribution < 1.29 is 22.0 Å². The summed E-state index contributed by atoms with van der Waals surface area (Å²) in [7, 11) is 1.81. The van der Waals surface area contributed by atoms with Crippen LogP contribution in [-0.4, -0.2) is 44.3 Å². The SMILES string of the molecule is Cl.Cn1c(CCCCN2C[C@@H]3C[C@]3(c3ccc(C(F)(F)F)nc3)C2)nnc1-c1ccc(F)c(F)c1. The van der Waals surface area contributed by atoms with Gasteiger partial charge in [-0.1, -0.05) is 6.07 Å². The molecule has 0 amide bonds. The molecule has 35 heavy (non-hydrogen) atoms. The van der Waals surface area contributed by atoms with Crippen molar-refractivity contribution in [1.82, 2.24) is 24.6 Å². The van der Waals surface area contributed by atoms with Crippen LogP contribution in [0.1, 0.15) is 36.3 Å². The second-order valence-corrected chi connectivity index (χ2v) is 9.31. The van der Waals surface area contributed by atoms with Gasteiger partial charge in [0.25, 0.3) is 0 Å². The maximum absolute atomic E-state index is 13.5. The Morgan fingerprint density at radius 1 is 1.06 bits per heavy atom. The summed E-state index contributed by atoms with van der Waals surface area (Å²) in [6.07, 6.45) is 0.520. The van der Waals surface area contributed by atoms with Crippen molar-refractivity contribution in [2.45, 2.75) is 37.3 Å². The molecule has 0 unspecified atom stereocenters. The smallest absolute Gasteiger partial charge is 0.314 e. The summed E-state index contributed by atoms with van der Waals surface area (Å²) in [5.41, 5.74) is 0.465. The van der Waals surface area contributed by atoms with Gasteiger partial charge in [0, 0.05) is 43.7 Å². The van der Waals surface area contributed by atoms with Gasteiger partial charge in [0.2, 0.25) is 0 Å². The fourth-order valence-electron chi connectivity index (χ4n) is 5.14. The summed E-state index contributed by atoms with van der Waals surface area (Å²) in [4.78, 5) is 6.01. The lowest BCUT2D eigenvalue weighted by molar-refractivity contribution is -0.141. The first-order valence-electron chi connectivity index (χ1n) is 11.3. The Bertz CT molecular complexity index is 1200. The summed E-state index contributed by atoms with van der Waals surface area (Å²) < 4.78 is 66.9. The monoisotopic (exact) mass is 513 g/mol. The number of alkyl halides is 3. The molecule has 3 heterocycles. The minimum Gasteiger partial charge on any atom is -0.314 e. The van der Waals surface area contributed by atoms with Crippen molar-refractivity contribution in [1.29, 1.82) is 0 Å². The van der Waals surface area contributed by atoms with Crippen LogP contribution in [0, 0.1) is 17.6 Å². The third-order valence-corrected chi connectivity index (χ3v) is 7.11. The molecule has 0 bridgehead atoms. The van der Waals surface area contributed by atoms with Gasteiger partial charge >= 0.3 is 6.18 Å². The van der Waals surface area contributed by atoms with Crippen molar-refractivity contribution in [3.8, 4) is 11.4 Å². The largest absolute Gasteiger partial charge is 0.433 e. The van der Waals surface area contributed by atoms with E-state index in [0.29, 0.717) is 23.7 Å². The number of halogens is 6. The van der Waals surface area contributed by atoms with Gasteiger partial charge in [-0.25, -0.2) is 8.78 Å². The molecule has 1 aliphatic carbocycles. The summed E-state index contributed by atoms with van der Waals surface area (Å²) in [6, 6.07) is 6.33. The molecule has 11 heteroatoms.